The molecule has 0 amide bonds. The second kappa shape index (κ2) is 7.75. The molecule has 1 N–H and O–H groups in total. The van der Waals surface area contributed by atoms with Gasteiger partial charge in [0.05, 0.1) is 11.9 Å². The summed E-state index contributed by atoms with van der Waals surface area (Å²) in [4.78, 5) is 4.31. The molecule has 0 aliphatic carbocycles. The monoisotopic (exact) mass is 337 g/mol. The van der Waals surface area contributed by atoms with Crippen molar-refractivity contribution >= 4 is 22.7 Å². The molecule has 0 bridgehead atoms. The van der Waals surface area contributed by atoms with E-state index in [-0.39, 0.29) is 0 Å². The van der Waals surface area contributed by atoms with Gasteiger partial charge < -0.3 is 4.74 Å². The predicted octanol–water partition coefficient (Wildman–Crippen LogP) is 4.78. The number of nitrogens with zero attached hydrogens (tertiary/aromatic N) is 2. The first-order valence-corrected chi connectivity index (χ1v) is 8.57. The van der Waals surface area contributed by atoms with Gasteiger partial charge in [-0.1, -0.05) is 42.0 Å². The average Bonchev–Trinajstić information content (AvgIpc) is 2.99. The fourth-order valence-electron chi connectivity index (χ4n) is 2.24. The third kappa shape index (κ3) is 4.43. The second-order valence-corrected chi connectivity index (χ2v) is 6.34. The summed E-state index contributed by atoms with van der Waals surface area (Å²) in [5, 5.41) is 7.01. The summed E-state index contributed by atoms with van der Waals surface area (Å²) in [6, 6.07) is 16.2. The van der Waals surface area contributed by atoms with E-state index in [1.54, 1.807) is 6.21 Å². The van der Waals surface area contributed by atoms with Gasteiger partial charge in [-0.15, -0.1) is 11.3 Å². The van der Waals surface area contributed by atoms with E-state index in [0.29, 0.717) is 6.61 Å². The molecule has 3 rings (SSSR count). The lowest BCUT2D eigenvalue weighted by Crippen LogP contribution is -1.99. The number of hydrogen-bond acceptors (Lipinski definition) is 5. The zero-order valence-corrected chi connectivity index (χ0v) is 14.5. The van der Waals surface area contributed by atoms with Crippen LogP contribution in [0, 0.1) is 13.8 Å². The summed E-state index contributed by atoms with van der Waals surface area (Å²) in [6.45, 7) is 4.57. The first-order chi connectivity index (χ1) is 11.7. The minimum Gasteiger partial charge on any atom is -0.488 e. The maximum absolute atomic E-state index is 5.95. The number of hydrogen-bond donors (Lipinski definition) is 1. The van der Waals surface area contributed by atoms with Crippen LogP contribution in [-0.4, -0.2) is 11.2 Å². The molecule has 1 heterocycles. The van der Waals surface area contributed by atoms with Crippen LogP contribution >= 0.6 is 11.3 Å². The molecule has 2 aromatic carbocycles. The maximum atomic E-state index is 5.95. The zero-order valence-electron chi connectivity index (χ0n) is 13.7. The fraction of sp³-hybridized carbons (Fsp3) is 0.158. The van der Waals surface area contributed by atoms with Gasteiger partial charge in [0, 0.05) is 10.9 Å². The number of benzene rings is 2. The molecule has 24 heavy (non-hydrogen) atoms. The summed E-state index contributed by atoms with van der Waals surface area (Å²) in [5.41, 5.74) is 7.23. The van der Waals surface area contributed by atoms with Gasteiger partial charge >= 0.3 is 0 Å². The minimum absolute atomic E-state index is 0.533. The Morgan fingerprint density at radius 1 is 1.17 bits per heavy atom. The molecule has 0 atom stereocenters. The number of hydrazone groups is 1. The van der Waals surface area contributed by atoms with Gasteiger partial charge in [-0.25, -0.2) is 4.98 Å². The van der Waals surface area contributed by atoms with E-state index in [1.165, 1.54) is 16.9 Å². The largest absolute Gasteiger partial charge is 0.488 e. The number of para-hydroxylation sites is 1. The first kappa shape index (κ1) is 16.2. The Bertz CT molecular complexity index is 842. The lowest BCUT2D eigenvalue weighted by molar-refractivity contribution is 0.305. The molecule has 4 nitrogen and oxygen atoms in total. The highest BCUT2D eigenvalue weighted by Gasteiger charge is 2.02. The van der Waals surface area contributed by atoms with Crippen LogP contribution in [0.1, 0.15) is 22.4 Å². The molecular formula is C19H19N3OS. The Kier molecular flexibility index (Phi) is 5.23. The Balaban J connectivity index is 1.66. The van der Waals surface area contributed by atoms with Crippen molar-refractivity contribution in [3.8, 4) is 5.75 Å². The highest BCUT2D eigenvalue weighted by molar-refractivity contribution is 7.13. The third-order valence-corrected chi connectivity index (χ3v) is 4.24. The summed E-state index contributed by atoms with van der Waals surface area (Å²) in [7, 11) is 0. The van der Waals surface area contributed by atoms with Gasteiger partial charge in [0.15, 0.2) is 0 Å². The van der Waals surface area contributed by atoms with Crippen molar-refractivity contribution < 1.29 is 4.74 Å². The number of ether oxygens (including phenoxy) is 1. The van der Waals surface area contributed by atoms with Crippen LogP contribution in [0.4, 0.5) is 5.13 Å². The van der Waals surface area contributed by atoms with Crippen LogP contribution < -0.4 is 10.2 Å². The van der Waals surface area contributed by atoms with Crippen molar-refractivity contribution in [1.29, 1.82) is 0 Å². The van der Waals surface area contributed by atoms with E-state index in [0.717, 1.165) is 27.7 Å². The molecule has 1 aromatic heterocycles. The lowest BCUT2D eigenvalue weighted by atomic mass is 10.1. The fourth-order valence-corrected chi connectivity index (χ4v) is 2.88. The number of anilines is 1. The highest BCUT2D eigenvalue weighted by atomic mass is 32.1. The van der Waals surface area contributed by atoms with E-state index < -0.39 is 0 Å². The zero-order chi connectivity index (χ0) is 16.8. The average molecular weight is 337 g/mol. The molecular weight excluding hydrogens is 318 g/mol. The number of aromatic nitrogens is 1. The highest BCUT2D eigenvalue weighted by Crippen LogP contribution is 2.19. The number of aryl methyl sites for hydroxylation is 2. The van der Waals surface area contributed by atoms with Gasteiger partial charge in [-0.3, -0.25) is 5.43 Å². The number of thiazole rings is 1. The van der Waals surface area contributed by atoms with Gasteiger partial charge in [0.25, 0.3) is 0 Å². The molecule has 0 fully saturated rings. The quantitative estimate of drug-likeness (QED) is 0.520. The van der Waals surface area contributed by atoms with E-state index in [1.807, 2.05) is 42.6 Å². The van der Waals surface area contributed by atoms with Crippen molar-refractivity contribution in [1.82, 2.24) is 4.98 Å². The molecule has 0 saturated carbocycles. The van der Waals surface area contributed by atoms with Gasteiger partial charge in [0.1, 0.15) is 12.4 Å². The summed E-state index contributed by atoms with van der Waals surface area (Å²) in [5.74, 6) is 0.805. The van der Waals surface area contributed by atoms with Crippen LogP contribution in [0.25, 0.3) is 0 Å². The standard InChI is InChI=1S/C19H19N3OS/c1-14-6-5-7-16(10-14)12-23-18-9-4-3-8-17(18)11-20-22-19-21-15(2)13-24-19/h3-11,13H,12H2,1-2H3,(H,21,22). The van der Waals surface area contributed by atoms with Gasteiger partial charge in [-0.2, -0.15) is 5.10 Å². The molecule has 3 aromatic rings. The molecule has 0 aliphatic rings. The molecule has 5 heteroatoms. The van der Waals surface area contributed by atoms with E-state index in [9.17, 15) is 0 Å². The minimum atomic E-state index is 0.533. The van der Waals surface area contributed by atoms with Gasteiger partial charge in [-0.05, 0) is 31.5 Å². The number of nitrogens with one attached hydrogen (secondary N) is 1. The van der Waals surface area contributed by atoms with E-state index >= 15 is 0 Å². The molecule has 0 saturated heterocycles. The first-order valence-electron chi connectivity index (χ1n) is 7.69. The van der Waals surface area contributed by atoms with Crippen LogP contribution in [0.3, 0.4) is 0 Å². The van der Waals surface area contributed by atoms with Crippen LogP contribution in [-0.2, 0) is 6.61 Å². The van der Waals surface area contributed by atoms with Crippen molar-refractivity contribution in [3.63, 3.8) is 0 Å². The Morgan fingerprint density at radius 3 is 2.83 bits per heavy atom. The molecule has 0 radical (unpaired) electrons. The summed E-state index contributed by atoms with van der Waals surface area (Å²) < 4.78 is 5.95. The Hall–Kier alpha value is -2.66. The van der Waals surface area contributed by atoms with Crippen LogP contribution in [0.15, 0.2) is 59.0 Å². The predicted molar refractivity (Wildman–Crippen MR) is 100 cm³/mol. The SMILES string of the molecule is Cc1cccc(COc2ccccc2C=NNc2nc(C)cs2)c1. The molecule has 122 valence electrons. The van der Waals surface area contributed by atoms with Crippen molar-refractivity contribution in [2.24, 2.45) is 5.10 Å². The summed E-state index contributed by atoms with van der Waals surface area (Å²) in [6.07, 6.45) is 1.75. The third-order valence-electron chi connectivity index (χ3n) is 3.38. The van der Waals surface area contributed by atoms with Crippen molar-refractivity contribution in [2.45, 2.75) is 20.5 Å². The lowest BCUT2D eigenvalue weighted by Gasteiger charge is -2.09. The van der Waals surface area contributed by atoms with Crippen molar-refractivity contribution in [3.05, 3.63) is 76.3 Å². The topological polar surface area (TPSA) is 46.5 Å². The smallest absolute Gasteiger partial charge is 0.203 e. The second-order valence-electron chi connectivity index (χ2n) is 5.48. The van der Waals surface area contributed by atoms with Crippen molar-refractivity contribution in [2.75, 3.05) is 5.43 Å². The Morgan fingerprint density at radius 2 is 2.04 bits per heavy atom. The van der Waals surface area contributed by atoms with E-state index in [2.05, 4.69) is 40.6 Å². The maximum Gasteiger partial charge on any atom is 0.203 e. The molecule has 0 aliphatic heterocycles. The summed E-state index contributed by atoms with van der Waals surface area (Å²) >= 11 is 1.53. The molecule has 0 spiro atoms. The normalized spacial score (nSPS) is 10.9. The number of rotatable bonds is 6. The Labute approximate surface area is 145 Å². The van der Waals surface area contributed by atoms with Crippen LogP contribution in [0.5, 0.6) is 5.75 Å². The van der Waals surface area contributed by atoms with Crippen LogP contribution in [0.2, 0.25) is 0 Å². The van der Waals surface area contributed by atoms with E-state index in [4.69, 9.17) is 4.74 Å². The van der Waals surface area contributed by atoms with Gasteiger partial charge in [0.2, 0.25) is 5.13 Å². The molecule has 0 unspecified atom stereocenters.